The number of rotatable bonds is 4. The van der Waals surface area contributed by atoms with Gasteiger partial charge in [-0.15, -0.1) is 0 Å². The number of benzene rings is 1. The molecule has 1 heterocycles. The highest BCUT2D eigenvalue weighted by molar-refractivity contribution is 6.34. The van der Waals surface area contributed by atoms with Crippen LogP contribution in [-0.4, -0.2) is 22.7 Å². The normalized spacial score (nSPS) is 12.2. The van der Waals surface area contributed by atoms with Crippen LogP contribution in [0.4, 0.5) is 0 Å². The molecule has 0 aliphatic rings. The highest BCUT2D eigenvalue weighted by Gasteiger charge is 2.15. The van der Waals surface area contributed by atoms with Crippen LogP contribution in [0.25, 0.3) is 0 Å². The number of nitrogens with one attached hydrogen (secondary N) is 1. The number of aliphatic hydroxyl groups excluding tert-OH is 1. The van der Waals surface area contributed by atoms with Crippen molar-refractivity contribution in [1.29, 1.82) is 0 Å². The molecule has 0 radical (unpaired) electrons. The number of hydrogen-bond acceptors (Lipinski definition) is 4. The molecule has 2 aromatic rings. The van der Waals surface area contributed by atoms with Gasteiger partial charge in [-0.25, -0.2) is 0 Å². The molecule has 0 aliphatic carbocycles. The lowest BCUT2D eigenvalue weighted by atomic mass is 10.1. The van der Waals surface area contributed by atoms with E-state index in [1.165, 1.54) is 6.07 Å². The van der Waals surface area contributed by atoms with Gasteiger partial charge in [-0.2, -0.15) is 0 Å². The summed E-state index contributed by atoms with van der Waals surface area (Å²) < 4.78 is 4.82. The maximum atomic E-state index is 11.7. The molecule has 1 atom stereocenters. The number of aryl methyl sites for hydroxylation is 1. The van der Waals surface area contributed by atoms with Crippen LogP contribution in [-0.2, 0) is 0 Å². The van der Waals surface area contributed by atoms with Crippen LogP contribution in [0.3, 0.4) is 0 Å². The maximum absolute atomic E-state index is 11.7. The Labute approximate surface area is 125 Å². The second-order valence-electron chi connectivity index (χ2n) is 4.26. The zero-order valence-corrected chi connectivity index (χ0v) is 12.1. The molecule has 0 saturated carbocycles. The first-order valence-electron chi connectivity index (χ1n) is 5.81. The first kappa shape index (κ1) is 14.8. The van der Waals surface area contributed by atoms with Gasteiger partial charge in [-0.1, -0.05) is 28.4 Å². The Morgan fingerprint density at radius 3 is 2.55 bits per heavy atom. The molecule has 2 N–H and O–H groups in total. The van der Waals surface area contributed by atoms with Gasteiger partial charge < -0.3 is 14.9 Å². The Bertz CT molecular complexity index is 608. The van der Waals surface area contributed by atoms with Gasteiger partial charge in [-0.3, -0.25) is 4.79 Å². The van der Waals surface area contributed by atoms with Crippen molar-refractivity contribution in [2.24, 2.45) is 0 Å². The van der Waals surface area contributed by atoms with Crippen molar-refractivity contribution in [3.8, 4) is 0 Å². The van der Waals surface area contributed by atoms with Crippen molar-refractivity contribution in [3.63, 3.8) is 0 Å². The summed E-state index contributed by atoms with van der Waals surface area (Å²) >= 11 is 11.7. The predicted molar refractivity (Wildman–Crippen MR) is 75.0 cm³/mol. The van der Waals surface area contributed by atoms with Crippen LogP contribution >= 0.6 is 23.2 Å². The molecule has 7 heteroatoms. The number of amides is 1. The number of carbonyl (C=O) groups is 1. The van der Waals surface area contributed by atoms with E-state index >= 15 is 0 Å². The molecule has 0 spiro atoms. The minimum Gasteiger partial charge on any atom is -0.387 e. The first-order chi connectivity index (χ1) is 9.45. The zero-order valence-electron chi connectivity index (χ0n) is 10.6. The average molecular weight is 315 g/mol. The molecule has 5 nitrogen and oxygen atoms in total. The predicted octanol–water partition coefficient (Wildman–Crippen LogP) is 2.75. The summed E-state index contributed by atoms with van der Waals surface area (Å²) in [5.41, 5.74) is 1.13. The van der Waals surface area contributed by atoms with Crippen LogP contribution < -0.4 is 5.32 Å². The van der Waals surface area contributed by atoms with E-state index in [-0.39, 0.29) is 12.3 Å². The fourth-order valence-electron chi connectivity index (χ4n) is 1.63. The average Bonchev–Trinajstić information content (AvgIpc) is 2.81. The van der Waals surface area contributed by atoms with E-state index in [4.69, 9.17) is 27.7 Å². The first-order valence-corrected chi connectivity index (χ1v) is 6.57. The van der Waals surface area contributed by atoms with Crippen LogP contribution in [0.1, 0.15) is 27.9 Å². The molecular formula is C13H12Cl2N2O3. The molecule has 20 heavy (non-hydrogen) atoms. The quantitative estimate of drug-likeness (QED) is 0.910. The smallest absolute Gasteiger partial charge is 0.290 e. The Kier molecular flexibility index (Phi) is 4.65. The van der Waals surface area contributed by atoms with Gasteiger partial charge in [-0.05, 0) is 30.7 Å². The number of halogens is 2. The van der Waals surface area contributed by atoms with Crippen LogP contribution in [0, 0.1) is 6.92 Å². The van der Waals surface area contributed by atoms with Crippen molar-refractivity contribution < 1.29 is 14.4 Å². The molecule has 0 saturated heterocycles. The summed E-state index contributed by atoms with van der Waals surface area (Å²) in [4.78, 5) is 11.7. The Balaban J connectivity index is 1.98. The fraction of sp³-hybridized carbons (Fsp3) is 0.231. The number of aliphatic hydroxyl groups is 1. The van der Waals surface area contributed by atoms with E-state index in [1.807, 2.05) is 0 Å². The Hall–Kier alpha value is -1.56. The van der Waals surface area contributed by atoms with Gasteiger partial charge in [0.05, 0.1) is 11.8 Å². The minimum absolute atomic E-state index is 0.00918. The maximum Gasteiger partial charge on any atom is 0.290 e. The van der Waals surface area contributed by atoms with Gasteiger partial charge in [0.1, 0.15) is 0 Å². The lowest BCUT2D eigenvalue weighted by Crippen LogP contribution is -2.28. The molecule has 1 aromatic heterocycles. The highest BCUT2D eigenvalue weighted by Crippen LogP contribution is 2.23. The molecular weight excluding hydrogens is 303 g/mol. The Morgan fingerprint density at radius 2 is 2.00 bits per heavy atom. The summed E-state index contributed by atoms with van der Waals surface area (Å²) in [6.07, 6.45) is -0.917. The molecule has 0 fully saturated rings. The number of carbonyl (C=O) groups excluding carboxylic acids is 1. The standard InChI is InChI=1S/C13H12Cl2N2O3/c1-7-2-12(20-17-7)13(19)16-6-11(18)8-3-9(14)5-10(15)4-8/h2-5,11,18H,6H2,1H3,(H,16,19). The number of aromatic nitrogens is 1. The van der Waals surface area contributed by atoms with Crippen LogP contribution in [0.2, 0.25) is 10.0 Å². The molecule has 106 valence electrons. The lowest BCUT2D eigenvalue weighted by Gasteiger charge is -2.12. The second-order valence-corrected chi connectivity index (χ2v) is 5.13. The van der Waals surface area contributed by atoms with E-state index in [1.54, 1.807) is 25.1 Å². The largest absolute Gasteiger partial charge is 0.387 e. The van der Waals surface area contributed by atoms with E-state index < -0.39 is 12.0 Å². The monoisotopic (exact) mass is 314 g/mol. The van der Waals surface area contributed by atoms with Gasteiger partial charge in [0.15, 0.2) is 0 Å². The summed E-state index contributed by atoms with van der Waals surface area (Å²) in [5, 5.41) is 17.0. The van der Waals surface area contributed by atoms with E-state index in [0.717, 1.165) is 0 Å². The van der Waals surface area contributed by atoms with Gasteiger partial charge in [0.2, 0.25) is 5.76 Å². The molecule has 2 rings (SSSR count). The van der Waals surface area contributed by atoms with Gasteiger partial charge in [0, 0.05) is 22.7 Å². The topological polar surface area (TPSA) is 75.4 Å². The van der Waals surface area contributed by atoms with Crippen molar-refractivity contribution in [1.82, 2.24) is 10.5 Å². The zero-order chi connectivity index (χ0) is 14.7. The number of nitrogens with zero attached hydrogens (tertiary/aromatic N) is 1. The van der Waals surface area contributed by atoms with Crippen molar-refractivity contribution >= 4 is 29.1 Å². The summed E-state index contributed by atoms with van der Waals surface area (Å²) in [5.74, 6) is -0.350. The summed E-state index contributed by atoms with van der Waals surface area (Å²) in [6, 6.07) is 6.25. The van der Waals surface area contributed by atoms with Crippen LogP contribution in [0.5, 0.6) is 0 Å². The third-order valence-corrected chi connectivity index (χ3v) is 3.01. The molecule has 1 unspecified atom stereocenters. The van der Waals surface area contributed by atoms with Gasteiger partial charge >= 0.3 is 0 Å². The molecule has 0 bridgehead atoms. The lowest BCUT2D eigenvalue weighted by molar-refractivity contribution is 0.0880. The van der Waals surface area contributed by atoms with E-state index in [2.05, 4.69) is 10.5 Å². The fourth-order valence-corrected chi connectivity index (χ4v) is 2.18. The second kappa shape index (κ2) is 6.26. The SMILES string of the molecule is Cc1cc(C(=O)NCC(O)c2cc(Cl)cc(Cl)c2)on1. The highest BCUT2D eigenvalue weighted by atomic mass is 35.5. The third kappa shape index (κ3) is 3.72. The van der Waals surface area contributed by atoms with Crippen molar-refractivity contribution in [2.45, 2.75) is 13.0 Å². The molecule has 1 amide bonds. The number of hydrogen-bond donors (Lipinski definition) is 2. The van der Waals surface area contributed by atoms with E-state index in [0.29, 0.717) is 21.3 Å². The molecule has 0 aliphatic heterocycles. The van der Waals surface area contributed by atoms with Crippen LogP contribution in [0.15, 0.2) is 28.8 Å². The summed E-state index contributed by atoms with van der Waals surface area (Å²) in [7, 11) is 0. The summed E-state index contributed by atoms with van der Waals surface area (Å²) in [6.45, 7) is 1.72. The third-order valence-electron chi connectivity index (χ3n) is 2.58. The van der Waals surface area contributed by atoms with Gasteiger partial charge in [0.25, 0.3) is 5.91 Å². The molecule has 1 aromatic carbocycles. The van der Waals surface area contributed by atoms with Crippen molar-refractivity contribution in [2.75, 3.05) is 6.54 Å². The minimum atomic E-state index is -0.917. The van der Waals surface area contributed by atoms with E-state index in [9.17, 15) is 9.90 Å². The van der Waals surface area contributed by atoms with Crippen molar-refractivity contribution in [3.05, 3.63) is 51.3 Å². The Morgan fingerprint density at radius 1 is 1.35 bits per heavy atom.